The van der Waals surface area contributed by atoms with E-state index in [1.807, 2.05) is 26.0 Å². The Labute approximate surface area is 153 Å². The fraction of sp³-hybridized carbons (Fsp3) is 0.200. The first-order valence-electron chi connectivity index (χ1n) is 7.00. The van der Waals surface area contributed by atoms with Crippen molar-refractivity contribution in [3.63, 3.8) is 0 Å². The summed E-state index contributed by atoms with van der Waals surface area (Å²) in [7, 11) is 0. The van der Waals surface area contributed by atoms with Crippen LogP contribution in [0.5, 0.6) is 0 Å². The lowest BCUT2D eigenvalue weighted by Crippen LogP contribution is -2.23. The molecule has 3 aromatic heterocycles. The Balaban J connectivity index is 1.71. The Morgan fingerprint density at radius 2 is 2.21 bits per heavy atom. The van der Waals surface area contributed by atoms with Gasteiger partial charge in [-0.15, -0.1) is 22.7 Å². The van der Waals surface area contributed by atoms with Crippen molar-refractivity contribution in [2.45, 2.75) is 20.3 Å². The van der Waals surface area contributed by atoms with E-state index in [0.29, 0.717) is 16.0 Å². The summed E-state index contributed by atoms with van der Waals surface area (Å²) in [6.07, 6.45) is 1.53. The van der Waals surface area contributed by atoms with E-state index in [-0.39, 0.29) is 17.9 Å². The maximum absolute atomic E-state index is 12.2. The van der Waals surface area contributed by atoms with Gasteiger partial charge in [0, 0.05) is 9.75 Å². The van der Waals surface area contributed by atoms with Crippen LogP contribution in [-0.4, -0.2) is 22.1 Å². The molecular formula is C15H13BrN4O2S2. The quantitative estimate of drug-likeness (QED) is 0.498. The van der Waals surface area contributed by atoms with Gasteiger partial charge in [-0.25, -0.2) is 10.4 Å². The number of aromatic nitrogens is 2. The van der Waals surface area contributed by atoms with Gasteiger partial charge in [-0.05, 0) is 47.5 Å². The first kappa shape index (κ1) is 17.0. The minimum Gasteiger partial charge on any atom is -0.309 e. The summed E-state index contributed by atoms with van der Waals surface area (Å²) in [5.41, 5.74) is 3.16. The molecule has 0 bridgehead atoms. The number of hydrogen-bond acceptors (Lipinski definition) is 6. The van der Waals surface area contributed by atoms with Crippen molar-refractivity contribution in [3.05, 3.63) is 47.4 Å². The smallest absolute Gasteiger partial charge is 0.259 e. The van der Waals surface area contributed by atoms with Crippen LogP contribution in [0.2, 0.25) is 0 Å². The Morgan fingerprint density at radius 3 is 2.92 bits per heavy atom. The average molecular weight is 425 g/mol. The van der Waals surface area contributed by atoms with Gasteiger partial charge >= 0.3 is 0 Å². The topological polar surface area (TPSA) is 87.2 Å². The predicted octanol–water partition coefficient (Wildman–Crippen LogP) is 3.12. The van der Waals surface area contributed by atoms with Crippen molar-refractivity contribution in [2.75, 3.05) is 0 Å². The molecule has 3 heterocycles. The Kier molecular flexibility index (Phi) is 4.93. The Bertz CT molecular complexity index is 1000. The van der Waals surface area contributed by atoms with E-state index in [0.717, 1.165) is 19.1 Å². The summed E-state index contributed by atoms with van der Waals surface area (Å²) in [5, 5.41) is 4.50. The number of thiophene rings is 2. The molecular weight excluding hydrogens is 412 g/mol. The molecule has 0 aliphatic carbocycles. The lowest BCUT2D eigenvalue weighted by Gasteiger charge is -2.00. The number of hydrogen-bond donors (Lipinski definition) is 2. The molecule has 0 saturated carbocycles. The zero-order valence-electron chi connectivity index (χ0n) is 12.8. The van der Waals surface area contributed by atoms with Crippen LogP contribution in [0.4, 0.5) is 0 Å². The molecule has 3 rings (SSSR count). The number of carbonyl (C=O) groups excluding carboxylic acids is 1. The van der Waals surface area contributed by atoms with Crippen molar-refractivity contribution in [2.24, 2.45) is 5.10 Å². The minimum atomic E-state index is -0.339. The van der Waals surface area contributed by atoms with Crippen LogP contribution in [0, 0.1) is 13.8 Å². The molecule has 1 amide bonds. The highest BCUT2D eigenvalue weighted by atomic mass is 79.9. The fourth-order valence-electron chi connectivity index (χ4n) is 2.14. The molecule has 0 radical (unpaired) electrons. The Hall–Kier alpha value is -1.84. The summed E-state index contributed by atoms with van der Waals surface area (Å²) < 4.78 is 0.992. The molecule has 124 valence electrons. The van der Waals surface area contributed by atoms with Gasteiger partial charge in [0.1, 0.15) is 10.7 Å². The summed E-state index contributed by atoms with van der Waals surface area (Å²) in [6.45, 7) is 3.85. The predicted molar refractivity (Wildman–Crippen MR) is 101 cm³/mol. The second-order valence-corrected chi connectivity index (χ2v) is 8.79. The SMILES string of the molecule is Cc1sc2nc(CC(=O)N/N=C/c3ccc(Br)s3)[nH]c(=O)c2c1C. The van der Waals surface area contributed by atoms with Crippen molar-refractivity contribution in [1.82, 2.24) is 15.4 Å². The van der Waals surface area contributed by atoms with Crippen LogP contribution in [-0.2, 0) is 11.2 Å². The zero-order valence-corrected chi connectivity index (χ0v) is 16.1. The number of rotatable bonds is 4. The Morgan fingerprint density at radius 1 is 1.42 bits per heavy atom. The molecule has 0 aliphatic rings. The average Bonchev–Trinajstić information content (AvgIpc) is 3.03. The van der Waals surface area contributed by atoms with E-state index in [4.69, 9.17) is 0 Å². The van der Waals surface area contributed by atoms with Crippen LogP contribution < -0.4 is 11.0 Å². The number of nitrogens with one attached hydrogen (secondary N) is 2. The largest absolute Gasteiger partial charge is 0.309 e. The van der Waals surface area contributed by atoms with Crippen LogP contribution in [0.15, 0.2) is 25.8 Å². The first-order chi connectivity index (χ1) is 11.4. The van der Waals surface area contributed by atoms with E-state index in [1.54, 1.807) is 6.21 Å². The number of amides is 1. The molecule has 0 saturated heterocycles. The van der Waals surface area contributed by atoms with Gasteiger partial charge in [-0.2, -0.15) is 5.10 Å². The second kappa shape index (κ2) is 6.96. The lowest BCUT2D eigenvalue weighted by atomic mass is 10.2. The minimum absolute atomic E-state index is 0.0351. The molecule has 0 spiro atoms. The standard InChI is InChI=1S/C15H13BrN4O2S2/c1-7-8(2)23-15-13(7)14(22)18-11(19-15)5-12(21)20-17-6-9-3-4-10(16)24-9/h3-4,6H,5H2,1-2H3,(H,20,21)(H,18,19,22)/b17-6+. The van der Waals surface area contributed by atoms with E-state index in [9.17, 15) is 9.59 Å². The molecule has 3 aromatic rings. The summed E-state index contributed by atoms with van der Waals surface area (Å²) in [5.74, 6) is -0.00492. The van der Waals surface area contributed by atoms with Gasteiger partial charge in [0.15, 0.2) is 0 Å². The highest BCUT2D eigenvalue weighted by Gasteiger charge is 2.13. The van der Waals surface area contributed by atoms with Gasteiger partial charge in [-0.1, -0.05) is 0 Å². The lowest BCUT2D eigenvalue weighted by molar-refractivity contribution is -0.120. The molecule has 6 nitrogen and oxygen atoms in total. The number of aromatic amines is 1. The number of aryl methyl sites for hydroxylation is 2. The maximum Gasteiger partial charge on any atom is 0.259 e. The van der Waals surface area contributed by atoms with Crippen molar-refractivity contribution in [1.29, 1.82) is 0 Å². The van der Waals surface area contributed by atoms with Crippen LogP contribution in [0.1, 0.15) is 21.1 Å². The van der Waals surface area contributed by atoms with E-state index < -0.39 is 0 Å². The normalized spacial score (nSPS) is 11.5. The summed E-state index contributed by atoms with van der Waals surface area (Å²) in [6, 6.07) is 3.79. The van der Waals surface area contributed by atoms with Gasteiger partial charge < -0.3 is 4.98 Å². The number of carbonyl (C=O) groups is 1. The highest BCUT2D eigenvalue weighted by molar-refractivity contribution is 9.11. The van der Waals surface area contributed by atoms with E-state index in [2.05, 4.69) is 36.4 Å². The van der Waals surface area contributed by atoms with Crippen molar-refractivity contribution >= 4 is 60.9 Å². The highest BCUT2D eigenvalue weighted by Crippen LogP contribution is 2.25. The second-order valence-electron chi connectivity index (χ2n) is 5.09. The molecule has 24 heavy (non-hydrogen) atoms. The summed E-state index contributed by atoms with van der Waals surface area (Å²) in [4.78, 5) is 33.8. The number of halogens is 1. The third-order valence-electron chi connectivity index (χ3n) is 3.39. The third kappa shape index (κ3) is 3.63. The van der Waals surface area contributed by atoms with Crippen LogP contribution >= 0.6 is 38.6 Å². The molecule has 2 N–H and O–H groups in total. The van der Waals surface area contributed by atoms with E-state index in [1.165, 1.54) is 22.7 Å². The number of fused-ring (bicyclic) bond motifs is 1. The van der Waals surface area contributed by atoms with Crippen molar-refractivity contribution < 1.29 is 4.79 Å². The van der Waals surface area contributed by atoms with Gasteiger partial charge in [-0.3, -0.25) is 9.59 Å². The fourth-order valence-corrected chi connectivity index (χ4v) is 4.48. The van der Waals surface area contributed by atoms with Gasteiger partial charge in [0.05, 0.1) is 21.8 Å². The van der Waals surface area contributed by atoms with Crippen molar-refractivity contribution in [3.8, 4) is 0 Å². The van der Waals surface area contributed by atoms with Gasteiger partial charge in [0.25, 0.3) is 5.56 Å². The molecule has 0 atom stereocenters. The number of nitrogens with zero attached hydrogens (tertiary/aromatic N) is 2. The number of hydrazone groups is 1. The molecule has 0 aliphatic heterocycles. The van der Waals surface area contributed by atoms with E-state index >= 15 is 0 Å². The first-order valence-corrected chi connectivity index (χ1v) is 9.43. The zero-order chi connectivity index (χ0) is 17.3. The molecule has 0 fully saturated rings. The monoisotopic (exact) mass is 424 g/mol. The number of H-pyrrole nitrogens is 1. The summed E-state index contributed by atoms with van der Waals surface area (Å²) >= 11 is 6.32. The molecule has 0 aromatic carbocycles. The maximum atomic E-state index is 12.2. The molecule has 9 heteroatoms. The third-order valence-corrected chi connectivity index (χ3v) is 6.05. The van der Waals surface area contributed by atoms with Crippen LogP contribution in [0.3, 0.4) is 0 Å². The molecule has 0 unspecified atom stereocenters. The van der Waals surface area contributed by atoms with Gasteiger partial charge in [0.2, 0.25) is 5.91 Å². The van der Waals surface area contributed by atoms with Crippen LogP contribution in [0.25, 0.3) is 10.2 Å².